The monoisotopic (exact) mass is 314 g/mol. The summed E-state index contributed by atoms with van der Waals surface area (Å²) in [4.78, 5) is 0.341. The van der Waals surface area contributed by atoms with E-state index >= 15 is 0 Å². The number of benzene rings is 1. The highest BCUT2D eigenvalue weighted by atomic mass is 32.2. The molecule has 0 aliphatic heterocycles. The van der Waals surface area contributed by atoms with Crippen molar-refractivity contribution >= 4 is 15.7 Å². The highest BCUT2D eigenvalue weighted by molar-refractivity contribution is 7.89. The molecule has 0 saturated carbocycles. The van der Waals surface area contributed by atoms with Gasteiger partial charge in [0.25, 0.3) is 0 Å². The van der Waals surface area contributed by atoms with Crippen LogP contribution in [-0.2, 0) is 14.8 Å². The van der Waals surface area contributed by atoms with E-state index in [4.69, 9.17) is 4.74 Å². The number of methoxy groups -OCH3 is 1. The molecule has 5 nitrogen and oxygen atoms in total. The minimum Gasteiger partial charge on any atom is -0.385 e. The lowest BCUT2D eigenvalue weighted by atomic mass is 10.1. The van der Waals surface area contributed by atoms with Gasteiger partial charge in [0.15, 0.2) is 0 Å². The van der Waals surface area contributed by atoms with Gasteiger partial charge in [0, 0.05) is 19.3 Å². The third-order valence-corrected chi connectivity index (χ3v) is 5.03. The number of hydrogen-bond acceptors (Lipinski definition) is 4. The van der Waals surface area contributed by atoms with E-state index in [9.17, 15) is 8.42 Å². The maximum atomic E-state index is 12.6. The van der Waals surface area contributed by atoms with E-state index in [-0.39, 0.29) is 0 Å². The molecule has 0 atom stereocenters. The van der Waals surface area contributed by atoms with Gasteiger partial charge in [-0.1, -0.05) is 0 Å². The van der Waals surface area contributed by atoms with Crippen molar-refractivity contribution < 1.29 is 13.2 Å². The first-order valence-corrected chi connectivity index (χ1v) is 8.49. The number of sulfonamides is 1. The fourth-order valence-electron chi connectivity index (χ4n) is 2.49. The topological polar surface area (TPSA) is 67.4 Å². The molecule has 1 aromatic rings. The summed E-state index contributed by atoms with van der Waals surface area (Å²) in [6.07, 6.45) is 0. The SMILES string of the molecule is CCNc1cc(C)c(S(=O)(=O)NC(C)(C)COC)c(C)c1. The van der Waals surface area contributed by atoms with Gasteiger partial charge in [-0.15, -0.1) is 0 Å². The molecule has 0 radical (unpaired) electrons. The second-order valence-electron chi connectivity index (χ2n) is 5.89. The summed E-state index contributed by atoms with van der Waals surface area (Å²) >= 11 is 0. The molecule has 0 saturated heterocycles. The first kappa shape index (κ1) is 17.9. The number of rotatable bonds is 7. The number of anilines is 1. The van der Waals surface area contributed by atoms with Crippen LogP contribution in [-0.4, -0.2) is 34.2 Å². The summed E-state index contributed by atoms with van der Waals surface area (Å²) in [6, 6.07) is 3.71. The molecule has 0 aliphatic rings. The van der Waals surface area contributed by atoms with Gasteiger partial charge < -0.3 is 10.1 Å². The van der Waals surface area contributed by atoms with E-state index in [1.165, 1.54) is 0 Å². The van der Waals surface area contributed by atoms with Gasteiger partial charge in [0.1, 0.15) is 0 Å². The molecule has 0 aromatic heterocycles. The van der Waals surface area contributed by atoms with Crippen LogP contribution in [0.2, 0.25) is 0 Å². The highest BCUT2D eigenvalue weighted by Gasteiger charge is 2.28. The fraction of sp³-hybridized carbons (Fsp3) is 0.600. The van der Waals surface area contributed by atoms with Gasteiger partial charge in [-0.25, -0.2) is 13.1 Å². The molecule has 0 amide bonds. The van der Waals surface area contributed by atoms with Gasteiger partial charge in [-0.2, -0.15) is 0 Å². The molecule has 120 valence electrons. The van der Waals surface area contributed by atoms with Crippen LogP contribution >= 0.6 is 0 Å². The Kier molecular flexibility index (Phi) is 5.78. The zero-order chi connectivity index (χ0) is 16.3. The average Bonchev–Trinajstić information content (AvgIpc) is 2.25. The van der Waals surface area contributed by atoms with E-state index < -0.39 is 15.6 Å². The van der Waals surface area contributed by atoms with E-state index in [0.29, 0.717) is 11.5 Å². The van der Waals surface area contributed by atoms with Crippen molar-refractivity contribution in [3.05, 3.63) is 23.3 Å². The van der Waals surface area contributed by atoms with Gasteiger partial charge in [0.2, 0.25) is 10.0 Å². The van der Waals surface area contributed by atoms with Crippen molar-refractivity contribution in [3.63, 3.8) is 0 Å². The van der Waals surface area contributed by atoms with Crippen molar-refractivity contribution in [1.82, 2.24) is 4.72 Å². The molecule has 1 rings (SSSR count). The summed E-state index contributed by atoms with van der Waals surface area (Å²) in [5.41, 5.74) is 1.73. The predicted octanol–water partition coefficient (Wildman–Crippen LogP) is 2.44. The lowest BCUT2D eigenvalue weighted by molar-refractivity contribution is 0.141. The maximum absolute atomic E-state index is 12.6. The van der Waals surface area contributed by atoms with Crippen LogP contribution in [0.15, 0.2) is 17.0 Å². The third kappa shape index (κ3) is 4.69. The molecule has 1 aromatic carbocycles. The lowest BCUT2D eigenvalue weighted by Crippen LogP contribution is -2.46. The smallest absolute Gasteiger partial charge is 0.241 e. The van der Waals surface area contributed by atoms with Crippen molar-refractivity contribution in [2.24, 2.45) is 0 Å². The standard InChI is InChI=1S/C15H26N2O3S/c1-7-16-13-8-11(2)14(12(3)9-13)21(18,19)17-15(4,5)10-20-6/h8-9,16-17H,7,10H2,1-6H3. The molecule has 0 heterocycles. The molecule has 0 unspecified atom stereocenters. The van der Waals surface area contributed by atoms with Crippen molar-refractivity contribution in [1.29, 1.82) is 0 Å². The molecular formula is C15H26N2O3S. The molecular weight excluding hydrogens is 288 g/mol. The Hall–Kier alpha value is -1.11. The van der Waals surface area contributed by atoms with Crippen LogP contribution in [0.3, 0.4) is 0 Å². The van der Waals surface area contributed by atoms with Gasteiger partial charge >= 0.3 is 0 Å². The van der Waals surface area contributed by atoms with Crippen molar-refractivity contribution in [2.45, 2.75) is 45.1 Å². The fourth-order valence-corrected chi connectivity index (χ4v) is 4.34. The molecule has 0 bridgehead atoms. The first-order chi connectivity index (χ1) is 9.63. The Morgan fingerprint density at radius 3 is 2.14 bits per heavy atom. The summed E-state index contributed by atoms with van der Waals surface area (Å²) in [5, 5.41) is 3.20. The Bertz CT molecular complexity index is 572. The largest absolute Gasteiger partial charge is 0.385 e. The summed E-state index contributed by atoms with van der Waals surface area (Å²) in [5.74, 6) is 0. The number of ether oxygens (including phenoxy) is 1. The summed E-state index contributed by atoms with van der Waals surface area (Å²) in [7, 11) is -2.04. The first-order valence-electron chi connectivity index (χ1n) is 7.01. The lowest BCUT2D eigenvalue weighted by Gasteiger charge is -2.26. The van der Waals surface area contributed by atoms with E-state index in [0.717, 1.165) is 23.4 Å². The Morgan fingerprint density at radius 2 is 1.71 bits per heavy atom. The summed E-state index contributed by atoms with van der Waals surface area (Å²) < 4.78 is 33.1. The summed E-state index contributed by atoms with van der Waals surface area (Å²) in [6.45, 7) is 10.3. The predicted molar refractivity (Wildman–Crippen MR) is 86.4 cm³/mol. The van der Waals surface area contributed by atoms with E-state index in [1.54, 1.807) is 21.0 Å². The second kappa shape index (κ2) is 6.77. The third-order valence-electron chi connectivity index (χ3n) is 3.03. The minimum absolute atomic E-state index is 0.305. The van der Waals surface area contributed by atoms with Crippen LogP contribution < -0.4 is 10.0 Å². The van der Waals surface area contributed by atoms with Gasteiger partial charge in [-0.05, 0) is 57.9 Å². The molecule has 2 N–H and O–H groups in total. The number of hydrogen-bond donors (Lipinski definition) is 2. The van der Waals surface area contributed by atoms with Crippen LogP contribution in [0.25, 0.3) is 0 Å². The maximum Gasteiger partial charge on any atom is 0.241 e. The number of aryl methyl sites for hydroxylation is 2. The highest BCUT2D eigenvalue weighted by Crippen LogP contribution is 2.25. The van der Waals surface area contributed by atoms with Crippen molar-refractivity contribution in [3.8, 4) is 0 Å². The normalized spacial score (nSPS) is 12.5. The molecule has 21 heavy (non-hydrogen) atoms. The Morgan fingerprint density at radius 1 is 1.19 bits per heavy atom. The van der Waals surface area contributed by atoms with Crippen LogP contribution in [0.4, 0.5) is 5.69 Å². The molecule has 0 fully saturated rings. The zero-order valence-corrected chi connectivity index (χ0v) is 14.5. The van der Waals surface area contributed by atoms with Crippen LogP contribution in [0.5, 0.6) is 0 Å². The van der Waals surface area contributed by atoms with E-state index in [2.05, 4.69) is 10.0 Å². The number of nitrogens with one attached hydrogen (secondary N) is 2. The average molecular weight is 314 g/mol. The minimum atomic E-state index is -3.59. The Balaban J connectivity index is 3.20. The quantitative estimate of drug-likeness (QED) is 0.811. The second-order valence-corrected chi connectivity index (χ2v) is 7.51. The van der Waals surface area contributed by atoms with Crippen molar-refractivity contribution in [2.75, 3.05) is 25.6 Å². The van der Waals surface area contributed by atoms with Crippen LogP contribution in [0.1, 0.15) is 31.9 Å². The molecule has 0 spiro atoms. The van der Waals surface area contributed by atoms with Gasteiger partial charge in [0.05, 0.1) is 17.0 Å². The zero-order valence-electron chi connectivity index (χ0n) is 13.7. The van der Waals surface area contributed by atoms with Gasteiger partial charge in [-0.3, -0.25) is 0 Å². The molecule has 0 aliphatic carbocycles. The van der Waals surface area contributed by atoms with Crippen LogP contribution in [0, 0.1) is 13.8 Å². The van der Waals surface area contributed by atoms with E-state index in [1.807, 2.05) is 32.9 Å². The molecule has 6 heteroatoms. The Labute approximate surface area is 128 Å².